The summed E-state index contributed by atoms with van der Waals surface area (Å²) in [5.74, 6) is -0.548. The second kappa shape index (κ2) is 8.38. The summed E-state index contributed by atoms with van der Waals surface area (Å²) in [5.41, 5.74) is 6.41. The average molecular weight is 438 g/mol. The summed E-state index contributed by atoms with van der Waals surface area (Å²) in [7, 11) is 0. The number of hydrogen-bond donors (Lipinski definition) is 0. The van der Waals surface area contributed by atoms with E-state index in [1.165, 1.54) is 11.1 Å². The normalized spacial score (nSPS) is 18.0. The molecule has 3 amide bonds. The third kappa shape index (κ3) is 4.19. The van der Waals surface area contributed by atoms with Crippen LogP contribution in [0.5, 0.6) is 0 Å². The van der Waals surface area contributed by atoms with Crippen LogP contribution in [-0.2, 0) is 9.59 Å². The summed E-state index contributed by atoms with van der Waals surface area (Å²) >= 11 is 0.904. The molecular weight excluding hydrogens is 410 g/mol. The van der Waals surface area contributed by atoms with E-state index in [9.17, 15) is 14.4 Å². The first-order valence-corrected chi connectivity index (χ1v) is 11.4. The Kier molecular flexibility index (Phi) is 5.79. The number of aromatic nitrogens is 1. The third-order valence-corrected chi connectivity index (χ3v) is 6.75. The molecule has 0 aliphatic carbocycles. The zero-order chi connectivity index (χ0) is 22.3. The Morgan fingerprint density at radius 2 is 1.65 bits per heavy atom. The number of nitrogens with zero attached hydrogens (tertiary/aromatic N) is 3. The minimum absolute atomic E-state index is 0.158. The van der Waals surface area contributed by atoms with Crippen LogP contribution in [0, 0.1) is 27.7 Å². The minimum Gasteiger partial charge on any atom is -0.341 e. The predicted molar refractivity (Wildman–Crippen MR) is 123 cm³/mol. The van der Waals surface area contributed by atoms with Crippen LogP contribution in [0.2, 0.25) is 0 Å². The van der Waals surface area contributed by atoms with Crippen LogP contribution in [0.4, 0.5) is 4.79 Å². The molecule has 4 rings (SSSR count). The van der Waals surface area contributed by atoms with Gasteiger partial charge in [0.25, 0.3) is 11.1 Å². The highest BCUT2D eigenvalue weighted by Crippen LogP contribution is 2.34. The zero-order valence-electron chi connectivity index (χ0n) is 18.4. The van der Waals surface area contributed by atoms with E-state index >= 15 is 0 Å². The topological polar surface area (TPSA) is 62.6 Å². The second-order valence-electron chi connectivity index (χ2n) is 8.36. The molecule has 0 radical (unpaired) electrons. The Morgan fingerprint density at radius 3 is 2.29 bits per heavy atom. The predicted octanol–water partition coefficient (Wildman–Crippen LogP) is 4.37. The van der Waals surface area contributed by atoms with E-state index in [0.29, 0.717) is 18.0 Å². The fourth-order valence-electron chi connectivity index (χ4n) is 4.39. The lowest BCUT2D eigenvalue weighted by atomic mass is 10.1. The molecule has 0 spiro atoms. The first kappa shape index (κ1) is 21.4. The van der Waals surface area contributed by atoms with Crippen LogP contribution in [0.15, 0.2) is 29.2 Å². The number of imide groups is 1. The summed E-state index contributed by atoms with van der Waals surface area (Å²) in [6.07, 6.45) is 3.72. The van der Waals surface area contributed by atoms with Gasteiger partial charge in [0.1, 0.15) is 6.54 Å². The molecule has 2 aliphatic rings. The first-order chi connectivity index (χ1) is 14.7. The summed E-state index contributed by atoms with van der Waals surface area (Å²) < 4.78 is 2.16. The molecule has 0 bridgehead atoms. The summed E-state index contributed by atoms with van der Waals surface area (Å²) in [6.45, 7) is 9.42. The largest absolute Gasteiger partial charge is 0.341 e. The molecule has 2 aliphatic heterocycles. The molecule has 1 aromatic carbocycles. The van der Waals surface area contributed by atoms with Gasteiger partial charge in [0, 0.05) is 30.2 Å². The fourth-order valence-corrected chi connectivity index (χ4v) is 5.22. The standard InChI is InChI=1S/C24H27N3O3S/c1-15-9-16(2)11-20(10-15)27-17(3)12-19(18(27)4)13-21-23(29)26(24(30)31-21)14-22(28)25-7-5-6-8-25/h9-13H,5-8,14H2,1-4H3/b21-13+. The molecule has 2 aromatic rings. The number of rotatable bonds is 4. The molecule has 31 heavy (non-hydrogen) atoms. The van der Waals surface area contributed by atoms with Crippen molar-refractivity contribution in [1.82, 2.24) is 14.4 Å². The Bertz CT molecular complexity index is 1090. The molecular formula is C24H27N3O3S. The van der Waals surface area contributed by atoms with Gasteiger partial charge in [-0.15, -0.1) is 0 Å². The number of benzene rings is 1. The Labute approximate surface area is 186 Å². The number of carbonyl (C=O) groups excluding carboxylic acids is 3. The van der Waals surface area contributed by atoms with Gasteiger partial charge in [-0.1, -0.05) is 6.07 Å². The molecule has 1 aromatic heterocycles. The molecule has 2 saturated heterocycles. The van der Waals surface area contributed by atoms with Crippen molar-refractivity contribution in [2.45, 2.75) is 40.5 Å². The Balaban J connectivity index is 1.59. The van der Waals surface area contributed by atoms with E-state index in [1.54, 1.807) is 11.0 Å². The average Bonchev–Trinajstić information content (AvgIpc) is 3.38. The summed E-state index contributed by atoms with van der Waals surface area (Å²) in [5, 5.41) is -0.382. The smallest absolute Gasteiger partial charge is 0.294 e. The van der Waals surface area contributed by atoms with Crippen molar-refractivity contribution in [3.63, 3.8) is 0 Å². The van der Waals surface area contributed by atoms with Gasteiger partial charge in [-0.05, 0) is 93.3 Å². The molecule has 3 heterocycles. The molecule has 162 valence electrons. The molecule has 7 heteroatoms. The van der Waals surface area contributed by atoms with E-state index < -0.39 is 5.91 Å². The monoisotopic (exact) mass is 437 g/mol. The van der Waals surface area contributed by atoms with Crippen LogP contribution in [-0.4, -0.2) is 51.1 Å². The lowest BCUT2D eigenvalue weighted by molar-refractivity contribution is -0.135. The van der Waals surface area contributed by atoms with Crippen molar-refractivity contribution in [2.75, 3.05) is 19.6 Å². The van der Waals surface area contributed by atoms with Gasteiger partial charge in [0.15, 0.2) is 0 Å². The summed E-state index contributed by atoms with van der Waals surface area (Å²) in [4.78, 5) is 40.9. The van der Waals surface area contributed by atoms with Crippen molar-refractivity contribution in [3.8, 4) is 5.69 Å². The molecule has 2 fully saturated rings. The zero-order valence-corrected chi connectivity index (χ0v) is 19.2. The minimum atomic E-state index is -0.390. The van der Waals surface area contributed by atoms with Gasteiger partial charge in [0.05, 0.1) is 4.91 Å². The maximum absolute atomic E-state index is 12.9. The van der Waals surface area contributed by atoms with Crippen LogP contribution < -0.4 is 0 Å². The maximum Gasteiger partial charge on any atom is 0.294 e. The Morgan fingerprint density at radius 1 is 1.00 bits per heavy atom. The SMILES string of the molecule is Cc1cc(C)cc(-n2c(C)cc(/C=C3/SC(=O)N(CC(=O)N4CCCC4)C3=O)c2C)c1. The van der Waals surface area contributed by atoms with Gasteiger partial charge in [0.2, 0.25) is 5.91 Å². The summed E-state index contributed by atoms with van der Waals surface area (Å²) in [6, 6.07) is 8.43. The number of likely N-dealkylation sites (tertiary alicyclic amines) is 1. The molecule has 0 atom stereocenters. The molecule has 0 N–H and O–H groups in total. The number of aryl methyl sites for hydroxylation is 3. The quantitative estimate of drug-likeness (QED) is 0.667. The van der Waals surface area contributed by atoms with Gasteiger partial charge in [-0.3, -0.25) is 19.3 Å². The Hall–Kier alpha value is -2.80. The van der Waals surface area contributed by atoms with Crippen LogP contribution in [0.3, 0.4) is 0 Å². The van der Waals surface area contributed by atoms with Crippen LogP contribution in [0.1, 0.15) is 40.9 Å². The fraction of sp³-hybridized carbons (Fsp3) is 0.375. The van der Waals surface area contributed by atoms with E-state index in [0.717, 1.165) is 52.1 Å². The molecule has 0 saturated carbocycles. The van der Waals surface area contributed by atoms with E-state index in [2.05, 4.69) is 36.6 Å². The van der Waals surface area contributed by atoms with E-state index in [1.807, 2.05) is 19.9 Å². The van der Waals surface area contributed by atoms with Crippen molar-refractivity contribution in [2.24, 2.45) is 0 Å². The van der Waals surface area contributed by atoms with Crippen molar-refractivity contribution in [3.05, 3.63) is 57.2 Å². The molecule has 6 nitrogen and oxygen atoms in total. The second-order valence-corrected chi connectivity index (χ2v) is 9.36. The van der Waals surface area contributed by atoms with Gasteiger partial charge in [-0.25, -0.2) is 0 Å². The molecule has 0 unspecified atom stereocenters. The van der Waals surface area contributed by atoms with E-state index in [-0.39, 0.29) is 17.7 Å². The lowest BCUT2D eigenvalue weighted by Crippen LogP contribution is -2.40. The highest BCUT2D eigenvalue weighted by Gasteiger charge is 2.37. The maximum atomic E-state index is 12.9. The first-order valence-electron chi connectivity index (χ1n) is 10.6. The van der Waals surface area contributed by atoms with Crippen molar-refractivity contribution >= 4 is 34.9 Å². The number of amides is 3. The number of hydrogen-bond acceptors (Lipinski definition) is 4. The van der Waals surface area contributed by atoms with Crippen LogP contribution in [0.25, 0.3) is 11.8 Å². The number of thioether (sulfide) groups is 1. The lowest BCUT2D eigenvalue weighted by Gasteiger charge is -2.18. The van der Waals surface area contributed by atoms with Crippen molar-refractivity contribution < 1.29 is 14.4 Å². The van der Waals surface area contributed by atoms with E-state index in [4.69, 9.17) is 0 Å². The van der Waals surface area contributed by atoms with Crippen LogP contribution >= 0.6 is 11.8 Å². The highest BCUT2D eigenvalue weighted by molar-refractivity contribution is 8.18. The third-order valence-electron chi connectivity index (χ3n) is 5.85. The number of carbonyl (C=O) groups is 3. The highest BCUT2D eigenvalue weighted by atomic mass is 32.2. The van der Waals surface area contributed by atoms with Gasteiger partial charge >= 0.3 is 0 Å². The van der Waals surface area contributed by atoms with Gasteiger partial charge in [-0.2, -0.15) is 0 Å². The van der Waals surface area contributed by atoms with Crippen molar-refractivity contribution in [1.29, 1.82) is 0 Å². The van der Waals surface area contributed by atoms with Gasteiger partial charge < -0.3 is 9.47 Å².